The molecule has 0 heterocycles. The minimum atomic E-state index is 0. The van der Waals surface area contributed by atoms with Crippen LogP contribution in [-0.4, -0.2) is 59.4 Å². The van der Waals surface area contributed by atoms with Crippen molar-refractivity contribution >= 4 is 48.9 Å². The molecule has 7 heteroatoms. The van der Waals surface area contributed by atoms with E-state index in [1.54, 1.807) is 0 Å². The predicted molar refractivity (Wildman–Crippen MR) is 11.0 cm³/mol. The molecule has 0 radical (unpaired) electrons. The molecule has 0 rings (SSSR count). The largest absolute Gasteiger partial charge is 2.00 e. The van der Waals surface area contributed by atoms with E-state index >= 15 is 0 Å². The quantitative estimate of drug-likeness (QED) is 0.288. The van der Waals surface area contributed by atoms with Gasteiger partial charge in [-0.25, -0.2) is 0 Å². The number of rotatable bonds is 0. The summed E-state index contributed by atoms with van der Waals surface area (Å²) in [5.41, 5.74) is 0. The molecule has 44 valence electrons. The fourth-order valence-electron chi connectivity index (χ4n) is 0. The van der Waals surface area contributed by atoms with Crippen LogP contribution in [0.1, 0.15) is 0 Å². The molecule has 0 saturated heterocycles. The molecule has 0 aromatic rings. The van der Waals surface area contributed by atoms with Crippen molar-refractivity contribution in [3.63, 3.8) is 0 Å². The summed E-state index contributed by atoms with van der Waals surface area (Å²) in [6.07, 6.45) is 0. The molecule has 0 aromatic heterocycles. The Labute approximate surface area is 102 Å². The molecule has 2 N–H and O–H groups in total. The Bertz CT molecular complexity index is 9.65. The summed E-state index contributed by atoms with van der Waals surface area (Å²) in [7, 11) is 0. The van der Waals surface area contributed by atoms with E-state index in [4.69, 9.17) is 21.0 Å². The van der Waals surface area contributed by atoms with Gasteiger partial charge in [0.2, 0.25) is 0 Å². The molecule has 7 heavy (non-hydrogen) atoms. The minimum Gasteiger partial charge on any atom is -1.00 e. The number of hydrogen-bond acceptors (Lipinski definition) is 4. The van der Waals surface area contributed by atoms with E-state index in [0.717, 1.165) is 0 Å². The second-order valence-electron chi connectivity index (χ2n) is 0. The Morgan fingerprint density at radius 3 is 0.857 bits per heavy atom. The van der Waals surface area contributed by atoms with Crippen LogP contribution in [0, 0.1) is 0 Å². The second kappa shape index (κ2) is 78.1. The van der Waals surface area contributed by atoms with Crippen molar-refractivity contribution in [3.8, 4) is 0 Å². The van der Waals surface area contributed by atoms with Crippen molar-refractivity contribution < 1.29 is 55.2 Å². The molecule has 0 aromatic carbocycles. The zero-order valence-electron chi connectivity index (χ0n) is 3.13. The van der Waals surface area contributed by atoms with Gasteiger partial charge in [0.25, 0.3) is 0 Å². The molecule has 0 aliphatic heterocycles. The van der Waals surface area contributed by atoms with Gasteiger partial charge in [0.05, 0.1) is 0 Å². The van der Waals surface area contributed by atoms with Gasteiger partial charge in [-0.15, -0.1) is 0 Å². The summed E-state index contributed by atoms with van der Waals surface area (Å²) in [4.78, 5) is 0. The maximum atomic E-state index is 7.00. The maximum Gasteiger partial charge on any atom is 2.00 e. The first kappa shape index (κ1) is 34.1. The molecule has 0 atom stereocenters. The average Bonchev–Trinajstić information content (AvgIpc) is 1.50. The fourth-order valence-corrected chi connectivity index (χ4v) is 0. The fraction of sp³-hybridized carbons (Fsp3) is 0. The van der Waals surface area contributed by atoms with Crippen LogP contribution in [0.25, 0.3) is 0 Å². The summed E-state index contributed by atoms with van der Waals surface area (Å²) in [5, 5.41) is 26.0. The van der Waals surface area contributed by atoms with Gasteiger partial charge in [0.15, 0.2) is 0 Å². The summed E-state index contributed by atoms with van der Waals surface area (Å²) in [5.74, 6) is 0. The van der Waals surface area contributed by atoms with Crippen LogP contribution in [-0.2, 0) is 34.1 Å². The van der Waals surface area contributed by atoms with Crippen LogP contribution in [0.3, 0.4) is 0 Å². The summed E-state index contributed by atoms with van der Waals surface area (Å²) >= 11 is 0. The van der Waals surface area contributed by atoms with Crippen molar-refractivity contribution in [2.24, 2.45) is 0 Å². The number of hydrogen-bond donors (Lipinski definition) is 2. The van der Waals surface area contributed by atoms with E-state index < -0.39 is 0 Å². The zero-order valence-corrected chi connectivity index (χ0v) is 9.77. The molecule has 0 saturated carbocycles. The Hall–Kier alpha value is 2.45. The van der Waals surface area contributed by atoms with Gasteiger partial charge >= 0.3 is 48.9 Å². The third-order valence-corrected chi connectivity index (χ3v) is 0. The van der Waals surface area contributed by atoms with E-state index in [-0.39, 0.29) is 83.0 Å². The van der Waals surface area contributed by atoms with Gasteiger partial charge in [-0.3, -0.25) is 10.5 Å². The Morgan fingerprint density at radius 2 is 0.857 bits per heavy atom. The van der Waals surface area contributed by atoms with Crippen molar-refractivity contribution in [1.29, 1.82) is 0 Å². The minimum absolute atomic E-state index is 0. The standard InChI is InChI=1S/Ba.2Fe.H2O2.O2/c;;;2*1-2/h;;;1-2H;/q+2;;;;-2. The maximum absolute atomic E-state index is 7.00. The molecular weight excluding hydrogens is 313 g/mol. The second-order valence-corrected chi connectivity index (χ2v) is 0. The van der Waals surface area contributed by atoms with Crippen LogP contribution in [0.15, 0.2) is 0 Å². The first-order valence-corrected chi connectivity index (χ1v) is 0.367. The van der Waals surface area contributed by atoms with Gasteiger partial charge in [-0.05, 0) is 0 Å². The Kier molecular flexibility index (Phi) is 380. The van der Waals surface area contributed by atoms with Gasteiger partial charge < -0.3 is 10.5 Å². The van der Waals surface area contributed by atoms with Crippen LogP contribution in [0.4, 0.5) is 0 Å². The van der Waals surface area contributed by atoms with Gasteiger partial charge in [-0.2, -0.15) is 0 Å². The first-order valence-electron chi connectivity index (χ1n) is 0.367. The SMILES string of the molecule is OO.[Ba+2].[Fe].[Fe].[O-][O-]. The molecule has 0 bridgehead atoms. The van der Waals surface area contributed by atoms with Crippen LogP contribution in [0.5, 0.6) is 0 Å². The van der Waals surface area contributed by atoms with Crippen molar-refractivity contribution in [3.05, 3.63) is 0 Å². The first-order chi connectivity index (χ1) is 2.00. The third kappa shape index (κ3) is 58.6. The summed E-state index contributed by atoms with van der Waals surface area (Å²) < 4.78 is 0. The Balaban J connectivity index is -0.00000000267. The smallest absolute Gasteiger partial charge is 1.00 e. The van der Waals surface area contributed by atoms with Crippen molar-refractivity contribution in [2.45, 2.75) is 0 Å². The zero-order chi connectivity index (χ0) is 4.00. The average molecular weight is 315 g/mol. The third-order valence-electron chi connectivity index (χ3n) is 0. The van der Waals surface area contributed by atoms with Crippen LogP contribution >= 0.6 is 0 Å². The van der Waals surface area contributed by atoms with Crippen molar-refractivity contribution in [1.82, 2.24) is 0 Å². The van der Waals surface area contributed by atoms with E-state index in [2.05, 4.69) is 0 Å². The van der Waals surface area contributed by atoms with E-state index in [1.807, 2.05) is 0 Å². The normalized spacial score (nSPS) is 1.71. The van der Waals surface area contributed by atoms with Gasteiger partial charge in [-0.1, -0.05) is 0 Å². The summed E-state index contributed by atoms with van der Waals surface area (Å²) in [6, 6.07) is 0. The van der Waals surface area contributed by atoms with E-state index in [0.29, 0.717) is 0 Å². The van der Waals surface area contributed by atoms with E-state index in [9.17, 15) is 0 Å². The topological polar surface area (TPSA) is 86.6 Å². The molecule has 0 aliphatic carbocycles. The molecular formula is H2BaFe2O4. The molecule has 0 aliphatic rings. The van der Waals surface area contributed by atoms with Crippen LogP contribution < -0.4 is 10.5 Å². The van der Waals surface area contributed by atoms with Crippen LogP contribution in [0.2, 0.25) is 0 Å². The Morgan fingerprint density at radius 1 is 0.857 bits per heavy atom. The van der Waals surface area contributed by atoms with Gasteiger partial charge in [0, 0.05) is 34.1 Å². The predicted octanol–water partition coefficient (Wildman–Crippen LogP) is -2.75. The van der Waals surface area contributed by atoms with E-state index in [1.165, 1.54) is 0 Å². The van der Waals surface area contributed by atoms with Gasteiger partial charge in [0.1, 0.15) is 0 Å². The molecule has 0 spiro atoms. The molecule has 0 fully saturated rings. The molecule has 4 nitrogen and oxygen atoms in total. The van der Waals surface area contributed by atoms with Crippen molar-refractivity contribution in [2.75, 3.05) is 0 Å². The monoisotopic (exact) mass is 316 g/mol. The molecule has 0 unspecified atom stereocenters. The summed E-state index contributed by atoms with van der Waals surface area (Å²) in [6.45, 7) is 0. The molecule has 0 amide bonds.